The van der Waals surface area contributed by atoms with Gasteiger partial charge in [-0.1, -0.05) is 6.92 Å². The molecule has 0 saturated carbocycles. The third kappa shape index (κ3) is 7.70. The van der Waals surface area contributed by atoms with E-state index in [9.17, 15) is 9.59 Å². The van der Waals surface area contributed by atoms with Crippen molar-refractivity contribution in [2.75, 3.05) is 26.4 Å². The van der Waals surface area contributed by atoms with Gasteiger partial charge in [0, 0.05) is 19.8 Å². The molecule has 0 fully saturated rings. The van der Waals surface area contributed by atoms with Gasteiger partial charge < -0.3 is 20.5 Å². The Balaban J connectivity index is 3.71. The highest BCUT2D eigenvalue weighted by Gasteiger charge is 2.16. The predicted octanol–water partition coefficient (Wildman–Crippen LogP) is -0.584. The molecule has 0 aromatic heterocycles. The van der Waals surface area contributed by atoms with Gasteiger partial charge in [-0.25, -0.2) is 0 Å². The molecule has 0 spiro atoms. The SMILES string of the molecule is CCOCCCNC(=O)C(=O)N[C@H](CC)CO. The van der Waals surface area contributed by atoms with E-state index in [0.29, 0.717) is 32.6 Å². The number of aliphatic hydroxyl groups excluding tert-OH is 1. The molecule has 0 radical (unpaired) electrons. The van der Waals surface area contributed by atoms with E-state index in [1.54, 1.807) is 0 Å². The largest absolute Gasteiger partial charge is 0.394 e. The summed E-state index contributed by atoms with van der Waals surface area (Å²) in [6.45, 7) is 5.16. The van der Waals surface area contributed by atoms with Crippen LogP contribution in [0.25, 0.3) is 0 Å². The lowest BCUT2D eigenvalue weighted by Gasteiger charge is -2.13. The third-order valence-electron chi connectivity index (χ3n) is 2.21. The van der Waals surface area contributed by atoms with Crippen LogP contribution in [0.4, 0.5) is 0 Å². The van der Waals surface area contributed by atoms with Gasteiger partial charge in [0.15, 0.2) is 0 Å². The molecular formula is C11H22N2O4. The van der Waals surface area contributed by atoms with Gasteiger partial charge in [-0.05, 0) is 19.8 Å². The summed E-state index contributed by atoms with van der Waals surface area (Å²) in [4.78, 5) is 22.6. The lowest BCUT2D eigenvalue weighted by Crippen LogP contribution is -2.46. The van der Waals surface area contributed by atoms with Gasteiger partial charge in [-0.15, -0.1) is 0 Å². The molecule has 100 valence electrons. The smallest absolute Gasteiger partial charge is 0.309 e. The van der Waals surface area contributed by atoms with Crippen LogP contribution in [0.1, 0.15) is 26.7 Å². The first kappa shape index (κ1) is 15.9. The van der Waals surface area contributed by atoms with Crippen molar-refractivity contribution >= 4 is 11.8 Å². The van der Waals surface area contributed by atoms with E-state index in [-0.39, 0.29) is 12.6 Å². The summed E-state index contributed by atoms with van der Waals surface area (Å²) in [5, 5.41) is 13.8. The number of amides is 2. The number of hydrogen-bond donors (Lipinski definition) is 3. The molecule has 17 heavy (non-hydrogen) atoms. The third-order valence-corrected chi connectivity index (χ3v) is 2.21. The Bertz CT molecular complexity index is 230. The molecule has 0 bridgehead atoms. The number of hydrogen-bond acceptors (Lipinski definition) is 4. The first-order chi connectivity index (χ1) is 8.15. The zero-order chi connectivity index (χ0) is 13.1. The summed E-state index contributed by atoms with van der Waals surface area (Å²) in [5.41, 5.74) is 0. The van der Waals surface area contributed by atoms with Gasteiger partial charge in [-0.2, -0.15) is 0 Å². The molecule has 0 heterocycles. The maximum Gasteiger partial charge on any atom is 0.309 e. The Kier molecular flexibility index (Phi) is 9.37. The Hall–Kier alpha value is -1.14. The average molecular weight is 246 g/mol. The van der Waals surface area contributed by atoms with Gasteiger partial charge in [0.05, 0.1) is 12.6 Å². The minimum Gasteiger partial charge on any atom is -0.394 e. The lowest BCUT2D eigenvalue weighted by atomic mass is 10.2. The van der Waals surface area contributed by atoms with Crippen LogP contribution in [0.15, 0.2) is 0 Å². The van der Waals surface area contributed by atoms with Gasteiger partial charge in [0.1, 0.15) is 0 Å². The minimum atomic E-state index is -0.706. The molecule has 6 nitrogen and oxygen atoms in total. The maximum atomic E-state index is 11.3. The molecular weight excluding hydrogens is 224 g/mol. The number of nitrogens with one attached hydrogen (secondary N) is 2. The van der Waals surface area contributed by atoms with E-state index in [1.807, 2.05) is 13.8 Å². The molecule has 0 unspecified atom stereocenters. The molecule has 0 aliphatic heterocycles. The molecule has 3 N–H and O–H groups in total. The number of ether oxygens (including phenoxy) is 1. The van der Waals surface area contributed by atoms with Crippen LogP contribution >= 0.6 is 0 Å². The summed E-state index contributed by atoms with van der Waals surface area (Å²) in [5.74, 6) is -1.38. The first-order valence-electron chi connectivity index (χ1n) is 5.92. The predicted molar refractivity (Wildman–Crippen MR) is 63.4 cm³/mol. The molecule has 0 rings (SSSR count). The molecule has 1 atom stereocenters. The molecule has 2 amide bonds. The minimum absolute atomic E-state index is 0.167. The van der Waals surface area contributed by atoms with Gasteiger partial charge in [0.25, 0.3) is 0 Å². The number of aliphatic hydroxyl groups is 1. The second-order valence-electron chi connectivity index (χ2n) is 3.57. The monoisotopic (exact) mass is 246 g/mol. The van der Waals surface area contributed by atoms with Crippen molar-refractivity contribution in [3.63, 3.8) is 0 Å². The van der Waals surface area contributed by atoms with Crippen LogP contribution in [0.5, 0.6) is 0 Å². The van der Waals surface area contributed by atoms with E-state index in [1.165, 1.54) is 0 Å². The topological polar surface area (TPSA) is 87.7 Å². The van der Waals surface area contributed by atoms with E-state index < -0.39 is 11.8 Å². The van der Waals surface area contributed by atoms with Crippen molar-refractivity contribution in [3.8, 4) is 0 Å². The summed E-state index contributed by atoms with van der Waals surface area (Å²) in [6, 6.07) is -0.364. The van der Waals surface area contributed by atoms with Crippen LogP contribution in [0.2, 0.25) is 0 Å². The van der Waals surface area contributed by atoms with E-state index >= 15 is 0 Å². The van der Waals surface area contributed by atoms with E-state index in [2.05, 4.69) is 10.6 Å². The van der Waals surface area contributed by atoms with Crippen LogP contribution < -0.4 is 10.6 Å². The molecule has 0 aromatic rings. The molecule has 0 aliphatic carbocycles. The summed E-state index contributed by atoms with van der Waals surface area (Å²) >= 11 is 0. The van der Waals surface area contributed by atoms with Crippen molar-refractivity contribution in [2.45, 2.75) is 32.7 Å². The Morgan fingerprint density at radius 2 is 2.00 bits per heavy atom. The Labute approximate surface area is 102 Å². The van der Waals surface area contributed by atoms with Gasteiger partial charge >= 0.3 is 11.8 Å². The van der Waals surface area contributed by atoms with Crippen molar-refractivity contribution in [2.24, 2.45) is 0 Å². The Morgan fingerprint density at radius 1 is 1.29 bits per heavy atom. The molecule has 0 saturated heterocycles. The van der Waals surface area contributed by atoms with Crippen LogP contribution in [-0.2, 0) is 14.3 Å². The first-order valence-corrected chi connectivity index (χ1v) is 5.92. The van der Waals surface area contributed by atoms with Crippen molar-refractivity contribution in [3.05, 3.63) is 0 Å². The highest BCUT2D eigenvalue weighted by atomic mass is 16.5. The van der Waals surface area contributed by atoms with Crippen molar-refractivity contribution < 1.29 is 19.4 Å². The fraction of sp³-hybridized carbons (Fsp3) is 0.818. The number of rotatable bonds is 8. The van der Waals surface area contributed by atoms with Crippen LogP contribution in [0.3, 0.4) is 0 Å². The standard InChI is InChI=1S/C11H22N2O4/c1-3-9(8-14)13-11(16)10(15)12-6-5-7-17-4-2/h9,14H,3-8H2,1-2H3,(H,12,15)(H,13,16)/t9-/m1/s1. The zero-order valence-corrected chi connectivity index (χ0v) is 10.5. The second-order valence-corrected chi connectivity index (χ2v) is 3.57. The number of carbonyl (C=O) groups is 2. The quantitative estimate of drug-likeness (QED) is 0.395. The average Bonchev–Trinajstić information content (AvgIpc) is 2.35. The normalized spacial score (nSPS) is 11.9. The number of carbonyl (C=O) groups excluding carboxylic acids is 2. The summed E-state index contributed by atoms with van der Waals surface area (Å²) in [7, 11) is 0. The van der Waals surface area contributed by atoms with Crippen molar-refractivity contribution in [1.82, 2.24) is 10.6 Å². The highest BCUT2D eigenvalue weighted by Crippen LogP contribution is 1.88. The van der Waals surface area contributed by atoms with Gasteiger partial charge in [0.2, 0.25) is 0 Å². The summed E-state index contributed by atoms with van der Waals surface area (Å²) in [6.07, 6.45) is 1.25. The lowest BCUT2D eigenvalue weighted by molar-refractivity contribution is -0.139. The fourth-order valence-corrected chi connectivity index (χ4v) is 1.13. The fourth-order valence-electron chi connectivity index (χ4n) is 1.13. The van der Waals surface area contributed by atoms with Crippen LogP contribution in [0, 0.1) is 0 Å². The van der Waals surface area contributed by atoms with Crippen LogP contribution in [-0.4, -0.2) is 49.3 Å². The Morgan fingerprint density at radius 3 is 2.53 bits per heavy atom. The maximum absolute atomic E-state index is 11.3. The second kappa shape index (κ2) is 10.0. The zero-order valence-electron chi connectivity index (χ0n) is 10.5. The van der Waals surface area contributed by atoms with Gasteiger partial charge in [-0.3, -0.25) is 9.59 Å². The van der Waals surface area contributed by atoms with E-state index in [4.69, 9.17) is 9.84 Å². The molecule has 0 aromatic carbocycles. The molecule has 0 aliphatic rings. The summed E-state index contributed by atoms with van der Waals surface area (Å²) < 4.78 is 5.09. The van der Waals surface area contributed by atoms with E-state index in [0.717, 1.165) is 0 Å². The highest BCUT2D eigenvalue weighted by molar-refractivity contribution is 6.35. The molecule has 6 heteroatoms. The van der Waals surface area contributed by atoms with Crippen molar-refractivity contribution in [1.29, 1.82) is 0 Å².